The van der Waals surface area contributed by atoms with E-state index in [9.17, 15) is 4.79 Å². The van der Waals surface area contributed by atoms with Gasteiger partial charge in [-0.3, -0.25) is 4.79 Å². The van der Waals surface area contributed by atoms with Crippen molar-refractivity contribution < 1.29 is 9.53 Å². The van der Waals surface area contributed by atoms with Gasteiger partial charge in [0.2, 0.25) is 0 Å². The second kappa shape index (κ2) is 7.31. The van der Waals surface area contributed by atoms with Gasteiger partial charge in [0.25, 0.3) is 5.91 Å². The van der Waals surface area contributed by atoms with E-state index in [0.717, 1.165) is 29.6 Å². The Morgan fingerprint density at radius 3 is 2.19 bits per heavy atom. The molecular formula is C22H29N3O2. The van der Waals surface area contributed by atoms with Crippen LogP contribution in [0.3, 0.4) is 0 Å². The second-order valence-electron chi connectivity index (χ2n) is 8.09. The van der Waals surface area contributed by atoms with Crippen molar-refractivity contribution >= 4 is 12.6 Å². The number of nitrogens with one attached hydrogen (secondary N) is 2. The number of carbonyl (C=O) groups is 1. The molecule has 0 aromatic heterocycles. The van der Waals surface area contributed by atoms with Crippen molar-refractivity contribution in [1.29, 1.82) is 0 Å². The zero-order valence-corrected chi connectivity index (χ0v) is 16.7. The van der Waals surface area contributed by atoms with Crippen LogP contribution < -0.4 is 10.6 Å². The van der Waals surface area contributed by atoms with Crippen molar-refractivity contribution in [2.45, 2.75) is 51.6 Å². The maximum absolute atomic E-state index is 13.3. The quantitative estimate of drug-likeness (QED) is 0.441. The third kappa shape index (κ3) is 3.98. The topological polar surface area (TPSA) is 62.7 Å². The van der Waals surface area contributed by atoms with Gasteiger partial charge < -0.3 is 15.4 Å². The average Bonchev–Trinajstić information content (AvgIpc) is 3.34. The number of carbonyl (C=O) groups excluding carboxylic acids is 1. The van der Waals surface area contributed by atoms with E-state index >= 15 is 0 Å². The number of amides is 1. The van der Waals surface area contributed by atoms with Crippen LogP contribution in [0.15, 0.2) is 57.9 Å². The lowest BCUT2D eigenvalue weighted by molar-refractivity contribution is -0.130. The Kier molecular flexibility index (Phi) is 5.24. The van der Waals surface area contributed by atoms with Crippen molar-refractivity contribution in [3.05, 3.63) is 58.4 Å². The van der Waals surface area contributed by atoms with E-state index < -0.39 is 5.54 Å². The molecule has 2 aliphatic rings. The molecule has 0 radical (unpaired) electrons. The summed E-state index contributed by atoms with van der Waals surface area (Å²) < 4.78 is 5.45. The third-order valence-corrected chi connectivity index (χ3v) is 5.41. The minimum atomic E-state index is -0.475. The van der Waals surface area contributed by atoms with Gasteiger partial charge in [-0.1, -0.05) is 35.9 Å². The Labute approximate surface area is 161 Å². The Morgan fingerprint density at radius 2 is 1.74 bits per heavy atom. The molecule has 3 rings (SSSR count). The molecule has 2 N–H and O–H groups in total. The zero-order valence-electron chi connectivity index (χ0n) is 16.7. The number of benzene rings is 1. The van der Waals surface area contributed by atoms with Crippen LogP contribution >= 0.6 is 0 Å². The highest BCUT2D eigenvalue weighted by Gasteiger charge is 2.43. The molecule has 5 heteroatoms. The van der Waals surface area contributed by atoms with Gasteiger partial charge in [0.05, 0.1) is 13.2 Å². The molecule has 1 aliphatic carbocycles. The normalized spacial score (nSPS) is 19.9. The first kappa shape index (κ1) is 19.4. The highest BCUT2D eigenvalue weighted by molar-refractivity contribution is 5.99. The number of ether oxygens (including phenoxy) is 1. The Bertz CT molecular complexity index is 796. The van der Waals surface area contributed by atoms with Crippen molar-refractivity contribution in [1.82, 2.24) is 10.6 Å². The summed E-state index contributed by atoms with van der Waals surface area (Å²) >= 11 is 0. The summed E-state index contributed by atoms with van der Waals surface area (Å²) in [6.07, 6.45) is 2.20. The van der Waals surface area contributed by atoms with Gasteiger partial charge >= 0.3 is 0 Å². The van der Waals surface area contributed by atoms with Crippen LogP contribution in [0.25, 0.3) is 0 Å². The first-order valence-electron chi connectivity index (χ1n) is 9.40. The Morgan fingerprint density at radius 1 is 1.11 bits per heavy atom. The largest absolute Gasteiger partial charge is 0.376 e. The van der Waals surface area contributed by atoms with Gasteiger partial charge in [-0.2, -0.15) is 0 Å². The van der Waals surface area contributed by atoms with E-state index in [4.69, 9.17) is 4.74 Å². The summed E-state index contributed by atoms with van der Waals surface area (Å²) in [5, 5.41) is 6.66. The molecule has 0 spiro atoms. The third-order valence-electron chi connectivity index (χ3n) is 5.41. The van der Waals surface area contributed by atoms with Crippen molar-refractivity contribution in [2.24, 2.45) is 4.99 Å². The van der Waals surface area contributed by atoms with Crippen LogP contribution in [-0.2, 0) is 15.1 Å². The van der Waals surface area contributed by atoms with Crippen LogP contribution in [-0.4, -0.2) is 31.4 Å². The lowest BCUT2D eigenvalue weighted by Gasteiger charge is -2.42. The molecule has 0 atom stereocenters. The van der Waals surface area contributed by atoms with E-state index in [0.29, 0.717) is 24.6 Å². The molecule has 144 valence electrons. The average molecular weight is 367 g/mol. The Balaban J connectivity index is 1.88. The van der Waals surface area contributed by atoms with E-state index in [1.165, 1.54) is 0 Å². The number of allylic oxidation sites excluding steroid dienone is 1. The molecule has 5 nitrogen and oxygen atoms in total. The van der Waals surface area contributed by atoms with Gasteiger partial charge in [0.15, 0.2) is 0 Å². The molecule has 27 heavy (non-hydrogen) atoms. The number of hydrogen-bond donors (Lipinski definition) is 2. The van der Waals surface area contributed by atoms with Gasteiger partial charge in [0.1, 0.15) is 11.4 Å². The van der Waals surface area contributed by atoms with Crippen molar-refractivity contribution in [3.8, 4) is 0 Å². The number of nitrogens with zero attached hydrogens (tertiary/aromatic N) is 1. The molecule has 1 amide bonds. The van der Waals surface area contributed by atoms with E-state index in [1.807, 2.05) is 51.1 Å². The number of hydrogen-bond acceptors (Lipinski definition) is 4. The Hall–Kier alpha value is -2.40. The van der Waals surface area contributed by atoms with E-state index in [-0.39, 0.29) is 11.4 Å². The van der Waals surface area contributed by atoms with Crippen LogP contribution in [0.4, 0.5) is 0 Å². The molecule has 1 saturated carbocycles. The molecule has 2 fully saturated rings. The minimum absolute atomic E-state index is 0.0636. The van der Waals surface area contributed by atoms with Gasteiger partial charge in [-0.15, -0.1) is 0 Å². The maximum Gasteiger partial charge on any atom is 0.252 e. The molecule has 1 aliphatic heterocycles. The molecule has 1 aromatic carbocycles. The van der Waals surface area contributed by atoms with Gasteiger partial charge in [0, 0.05) is 16.7 Å². The summed E-state index contributed by atoms with van der Waals surface area (Å²) in [5.74, 6) is 0.573. The lowest BCUT2D eigenvalue weighted by Crippen LogP contribution is -2.59. The first-order chi connectivity index (χ1) is 12.8. The molecule has 0 unspecified atom stereocenters. The monoisotopic (exact) mass is 367 g/mol. The molecule has 1 aromatic rings. The SMILES string of the molecule is C=N/C(NC1(C)CC1)=C(\C)C(C(=O)NC1(c2ccccc2)COC1)=C(C)C. The fraction of sp³-hybridized carbons (Fsp3) is 0.455. The summed E-state index contributed by atoms with van der Waals surface area (Å²) in [6, 6.07) is 9.99. The number of rotatable bonds is 7. The number of aliphatic imine (C=N–C) groups is 1. The van der Waals surface area contributed by atoms with Gasteiger partial charge in [-0.25, -0.2) is 4.99 Å². The fourth-order valence-corrected chi connectivity index (χ4v) is 3.40. The maximum atomic E-state index is 13.3. The molecule has 1 saturated heterocycles. The standard InChI is InChI=1S/C22H29N3O2/c1-15(2)18(16(3)19(23-5)24-21(4)11-12-21)20(26)25-22(13-27-14-22)17-9-7-6-8-10-17/h6-10,24H,5,11-14H2,1-4H3,(H,25,26)/b19-16-. The predicted molar refractivity (Wildman–Crippen MR) is 108 cm³/mol. The van der Waals surface area contributed by atoms with Crippen molar-refractivity contribution in [2.75, 3.05) is 13.2 Å². The zero-order chi connectivity index (χ0) is 19.7. The summed E-state index contributed by atoms with van der Waals surface area (Å²) in [4.78, 5) is 17.4. The molecular weight excluding hydrogens is 338 g/mol. The lowest BCUT2D eigenvalue weighted by atomic mass is 9.87. The summed E-state index contributed by atoms with van der Waals surface area (Å²) in [5.41, 5.74) is 3.06. The molecule has 0 bridgehead atoms. The van der Waals surface area contributed by atoms with Crippen LogP contribution in [0, 0.1) is 0 Å². The van der Waals surface area contributed by atoms with Crippen molar-refractivity contribution in [3.63, 3.8) is 0 Å². The summed E-state index contributed by atoms with van der Waals surface area (Å²) in [6.45, 7) is 12.6. The first-order valence-corrected chi connectivity index (χ1v) is 9.40. The fourth-order valence-electron chi connectivity index (χ4n) is 3.40. The molecule has 1 heterocycles. The van der Waals surface area contributed by atoms with Crippen LogP contribution in [0.1, 0.15) is 46.1 Å². The highest BCUT2D eigenvalue weighted by atomic mass is 16.5. The van der Waals surface area contributed by atoms with E-state index in [1.54, 1.807) is 0 Å². The predicted octanol–water partition coefficient (Wildman–Crippen LogP) is 3.44. The van der Waals surface area contributed by atoms with E-state index in [2.05, 4.69) is 29.3 Å². The second-order valence-corrected chi connectivity index (χ2v) is 8.09. The smallest absolute Gasteiger partial charge is 0.252 e. The van der Waals surface area contributed by atoms with Gasteiger partial charge in [-0.05, 0) is 52.8 Å². The summed E-state index contributed by atoms with van der Waals surface area (Å²) in [7, 11) is 0. The minimum Gasteiger partial charge on any atom is -0.376 e. The highest BCUT2D eigenvalue weighted by Crippen LogP contribution is 2.36. The van der Waals surface area contributed by atoms with Crippen LogP contribution in [0.2, 0.25) is 0 Å². The van der Waals surface area contributed by atoms with Crippen LogP contribution in [0.5, 0.6) is 0 Å².